The van der Waals surface area contributed by atoms with Crippen molar-refractivity contribution >= 4 is 27.8 Å². The molecular weight excluding hydrogens is 353 g/mol. The zero-order valence-electron chi connectivity index (χ0n) is 12.9. The predicted molar refractivity (Wildman–Crippen MR) is 84.3 cm³/mol. The molecule has 2 rings (SSSR count). The number of hydrogen-bond acceptors (Lipinski definition) is 3. The van der Waals surface area contributed by atoms with Crippen LogP contribution in [0, 0.1) is 11.7 Å². The van der Waals surface area contributed by atoms with Crippen LogP contribution in [0.3, 0.4) is 0 Å². The molecule has 1 aromatic rings. The third-order valence-corrected chi connectivity index (χ3v) is 3.90. The number of benzene rings is 1. The highest BCUT2D eigenvalue weighted by atomic mass is 79.9. The molecule has 1 amide bonds. The maximum absolute atomic E-state index is 13.9. The summed E-state index contributed by atoms with van der Waals surface area (Å²) < 4.78 is 19.8. The molecule has 0 spiro atoms. The van der Waals surface area contributed by atoms with Crippen LogP contribution in [0.4, 0.5) is 9.18 Å². The van der Waals surface area contributed by atoms with Crippen molar-refractivity contribution in [2.45, 2.75) is 32.8 Å². The van der Waals surface area contributed by atoms with E-state index in [4.69, 9.17) is 4.74 Å². The summed E-state index contributed by atoms with van der Waals surface area (Å²) in [7, 11) is 0. The van der Waals surface area contributed by atoms with Crippen molar-refractivity contribution in [1.82, 2.24) is 4.90 Å². The molecule has 0 N–H and O–H groups in total. The van der Waals surface area contributed by atoms with Gasteiger partial charge >= 0.3 is 6.09 Å². The molecule has 0 aromatic heterocycles. The highest BCUT2D eigenvalue weighted by molar-refractivity contribution is 9.10. The lowest BCUT2D eigenvalue weighted by Crippen LogP contribution is -2.35. The lowest BCUT2D eigenvalue weighted by molar-refractivity contribution is 0.0289. The number of ketones is 1. The fourth-order valence-electron chi connectivity index (χ4n) is 2.38. The summed E-state index contributed by atoms with van der Waals surface area (Å²) in [6.07, 6.45) is 0.0900. The molecule has 6 heteroatoms. The predicted octanol–water partition coefficient (Wildman–Crippen LogP) is 4.03. The first kappa shape index (κ1) is 16.9. The van der Waals surface area contributed by atoms with Gasteiger partial charge in [-0.1, -0.05) is 15.9 Å². The van der Waals surface area contributed by atoms with Gasteiger partial charge in [-0.2, -0.15) is 0 Å². The molecule has 1 heterocycles. The number of nitrogens with zero attached hydrogens (tertiary/aromatic N) is 1. The fourth-order valence-corrected chi connectivity index (χ4v) is 2.71. The number of rotatable bonds is 2. The zero-order valence-corrected chi connectivity index (χ0v) is 14.4. The Balaban J connectivity index is 2.03. The Morgan fingerprint density at radius 1 is 1.36 bits per heavy atom. The maximum Gasteiger partial charge on any atom is 0.410 e. The van der Waals surface area contributed by atoms with E-state index in [1.807, 2.05) is 0 Å². The highest BCUT2D eigenvalue weighted by Gasteiger charge is 2.34. The minimum Gasteiger partial charge on any atom is -0.444 e. The first-order chi connectivity index (χ1) is 10.2. The molecule has 4 nitrogen and oxygen atoms in total. The Labute approximate surface area is 137 Å². The van der Waals surface area contributed by atoms with E-state index in [-0.39, 0.29) is 23.8 Å². The minimum absolute atomic E-state index is 0.0687. The number of hydrogen-bond donors (Lipinski definition) is 0. The number of Topliss-reactive ketones (excluding diaryl/α,β-unsaturated/α-hetero) is 1. The molecule has 1 fully saturated rings. The van der Waals surface area contributed by atoms with Gasteiger partial charge in [-0.3, -0.25) is 4.79 Å². The van der Waals surface area contributed by atoms with Gasteiger partial charge in [0.25, 0.3) is 0 Å². The standard InChI is InChI=1S/C16H19BrFNO3/c1-16(2,3)22-15(21)19-7-6-10(9-19)14(20)12-5-4-11(17)8-13(12)18/h4-5,8,10H,6-7,9H2,1-3H3. The van der Waals surface area contributed by atoms with Crippen LogP contribution in [0.2, 0.25) is 0 Å². The number of likely N-dealkylation sites (tertiary alicyclic amines) is 1. The van der Waals surface area contributed by atoms with Crippen LogP contribution in [0.1, 0.15) is 37.6 Å². The van der Waals surface area contributed by atoms with Gasteiger partial charge in [-0.25, -0.2) is 9.18 Å². The van der Waals surface area contributed by atoms with Gasteiger partial charge in [0.05, 0.1) is 5.56 Å². The smallest absolute Gasteiger partial charge is 0.410 e. The minimum atomic E-state index is -0.572. The van der Waals surface area contributed by atoms with Crippen LogP contribution < -0.4 is 0 Å². The second-order valence-electron chi connectivity index (χ2n) is 6.40. The fraction of sp³-hybridized carbons (Fsp3) is 0.500. The second kappa shape index (κ2) is 6.36. The number of carbonyl (C=O) groups excluding carboxylic acids is 2. The number of ether oxygens (including phenoxy) is 1. The second-order valence-corrected chi connectivity index (χ2v) is 7.32. The van der Waals surface area contributed by atoms with Crippen LogP contribution in [-0.2, 0) is 4.74 Å². The van der Waals surface area contributed by atoms with Crippen molar-refractivity contribution in [3.63, 3.8) is 0 Å². The Morgan fingerprint density at radius 3 is 2.64 bits per heavy atom. The van der Waals surface area contributed by atoms with Crippen molar-refractivity contribution in [2.75, 3.05) is 13.1 Å². The summed E-state index contributed by atoms with van der Waals surface area (Å²) in [5.41, 5.74) is -0.504. The molecule has 1 saturated heterocycles. The molecular formula is C16H19BrFNO3. The summed E-state index contributed by atoms with van der Waals surface area (Å²) in [6.45, 7) is 6.09. The number of amides is 1. The van der Waals surface area contributed by atoms with Gasteiger partial charge < -0.3 is 9.64 Å². The third kappa shape index (κ3) is 4.06. The molecule has 1 unspecified atom stereocenters. The average molecular weight is 372 g/mol. The lowest BCUT2D eigenvalue weighted by atomic mass is 9.96. The van der Waals surface area contributed by atoms with E-state index in [9.17, 15) is 14.0 Å². The van der Waals surface area contributed by atoms with Crippen LogP contribution in [0.15, 0.2) is 22.7 Å². The molecule has 0 bridgehead atoms. The van der Waals surface area contributed by atoms with Crippen LogP contribution in [0.25, 0.3) is 0 Å². The summed E-state index contributed by atoms with van der Waals surface area (Å²) in [5, 5.41) is 0. The van der Waals surface area contributed by atoms with E-state index in [0.29, 0.717) is 17.4 Å². The SMILES string of the molecule is CC(C)(C)OC(=O)N1CCC(C(=O)c2ccc(Br)cc2F)C1. The molecule has 0 aliphatic carbocycles. The lowest BCUT2D eigenvalue weighted by Gasteiger charge is -2.24. The van der Waals surface area contributed by atoms with Crippen molar-refractivity contribution in [1.29, 1.82) is 0 Å². The third-order valence-electron chi connectivity index (χ3n) is 3.41. The maximum atomic E-state index is 13.9. The van der Waals surface area contributed by atoms with Gasteiger partial charge in [-0.15, -0.1) is 0 Å². The van der Waals surface area contributed by atoms with Gasteiger partial charge in [0, 0.05) is 23.5 Å². The van der Waals surface area contributed by atoms with E-state index in [2.05, 4.69) is 15.9 Å². The molecule has 1 aromatic carbocycles. The molecule has 120 valence electrons. The first-order valence-corrected chi connectivity index (χ1v) is 7.94. The Hall–Kier alpha value is -1.43. The molecule has 0 radical (unpaired) electrons. The Bertz CT molecular complexity index is 598. The number of halogens is 2. The number of carbonyl (C=O) groups is 2. The first-order valence-electron chi connectivity index (χ1n) is 7.14. The topological polar surface area (TPSA) is 46.6 Å². The molecule has 22 heavy (non-hydrogen) atoms. The summed E-state index contributed by atoms with van der Waals surface area (Å²) in [6, 6.07) is 4.38. The molecule has 1 aliphatic heterocycles. The Kier molecular flexibility index (Phi) is 4.90. The van der Waals surface area contributed by atoms with Gasteiger partial charge in [-0.05, 0) is 45.4 Å². The zero-order chi connectivity index (χ0) is 16.5. The van der Waals surface area contributed by atoms with E-state index in [1.165, 1.54) is 17.0 Å². The van der Waals surface area contributed by atoms with Gasteiger partial charge in [0.2, 0.25) is 0 Å². The van der Waals surface area contributed by atoms with Crippen LogP contribution in [-0.4, -0.2) is 35.5 Å². The van der Waals surface area contributed by atoms with Crippen molar-refractivity contribution in [3.05, 3.63) is 34.1 Å². The van der Waals surface area contributed by atoms with Gasteiger partial charge in [0.15, 0.2) is 5.78 Å². The average Bonchev–Trinajstić information content (AvgIpc) is 2.85. The summed E-state index contributed by atoms with van der Waals surface area (Å²) >= 11 is 3.16. The largest absolute Gasteiger partial charge is 0.444 e. The quantitative estimate of drug-likeness (QED) is 0.737. The highest BCUT2D eigenvalue weighted by Crippen LogP contribution is 2.25. The normalized spacial score (nSPS) is 18.4. The van der Waals surface area contributed by atoms with E-state index < -0.39 is 17.5 Å². The Morgan fingerprint density at radius 2 is 2.05 bits per heavy atom. The molecule has 1 atom stereocenters. The summed E-state index contributed by atoms with van der Waals surface area (Å²) in [5.74, 6) is -1.20. The van der Waals surface area contributed by atoms with Crippen molar-refractivity contribution in [2.24, 2.45) is 5.92 Å². The van der Waals surface area contributed by atoms with Crippen LogP contribution >= 0.6 is 15.9 Å². The van der Waals surface area contributed by atoms with Crippen molar-refractivity contribution < 1.29 is 18.7 Å². The molecule has 0 saturated carbocycles. The van der Waals surface area contributed by atoms with Gasteiger partial charge in [0.1, 0.15) is 11.4 Å². The molecule has 1 aliphatic rings. The van der Waals surface area contributed by atoms with E-state index in [1.54, 1.807) is 26.8 Å². The monoisotopic (exact) mass is 371 g/mol. The summed E-state index contributed by atoms with van der Waals surface area (Å²) in [4.78, 5) is 25.9. The van der Waals surface area contributed by atoms with E-state index in [0.717, 1.165) is 0 Å². The van der Waals surface area contributed by atoms with Crippen LogP contribution in [0.5, 0.6) is 0 Å². The van der Waals surface area contributed by atoms with E-state index >= 15 is 0 Å². The van der Waals surface area contributed by atoms with Crippen molar-refractivity contribution in [3.8, 4) is 0 Å².